The van der Waals surface area contributed by atoms with Crippen LogP contribution in [0.15, 0.2) is 22.7 Å². The van der Waals surface area contributed by atoms with Crippen LogP contribution < -0.4 is 5.32 Å². The topological polar surface area (TPSA) is 35.8 Å². The van der Waals surface area contributed by atoms with E-state index in [1.54, 1.807) is 0 Å². The van der Waals surface area contributed by atoms with Crippen LogP contribution in [0.25, 0.3) is 0 Å². The molecule has 0 saturated carbocycles. The molecule has 0 radical (unpaired) electrons. The monoisotopic (exact) mass is 362 g/mol. The molecule has 2 aromatic carbocycles. The molecule has 0 aromatic heterocycles. The van der Waals surface area contributed by atoms with Gasteiger partial charge in [-0.1, -0.05) is 0 Å². The molecule has 2 aromatic rings. The molecule has 21 heavy (non-hydrogen) atoms. The second-order valence-corrected chi connectivity index (χ2v) is 4.73. The minimum atomic E-state index is -2.23. The Morgan fingerprint density at radius 3 is 1.90 bits per heavy atom. The number of halogens is 6. The number of anilines is 2. The number of hydrogen-bond acceptors (Lipinski definition) is 2. The zero-order valence-corrected chi connectivity index (χ0v) is 11.5. The molecule has 1 N–H and O–H groups in total. The molecule has 0 aliphatic rings. The average molecular weight is 363 g/mol. The highest BCUT2D eigenvalue weighted by molar-refractivity contribution is 9.10. The lowest BCUT2D eigenvalue weighted by molar-refractivity contribution is 0.382. The van der Waals surface area contributed by atoms with E-state index in [0.29, 0.717) is 4.47 Å². The highest BCUT2D eigenvalue weighted by atomic mass is 79.9. The van der Waals surface area contributed by atoms with E-state index in [-0.39, 0.29) is 11.3 Å². The zero-order chi connectivity index (χ0) is 15.7. The fourth-order valence-corrected chi connectivity index (χ4v) is 2.01. The van der Waals surface area contributed by atoms with Crippen LogP contribution in [0, 0.1) is 40.4 Å². The van der Waals surface area contributed by atoms with Crippen molar-refractivity contribution in [3.05, 3.63) is 57.3 Å². The maximum atomic E-state index is 13.5. The van der Waals surface area contributed by atoms with Gasteiger partial charge in [0.15, 0.2) is 23.3 Å². The van der Waals surface area contributed by atoms with Crippen LogP contribution in [-0.2, 0) is 0 Å². The summed E-state index contributed by atoms with van der Waals surface area (Å²) >= 11 is 3.04. The summed E-state index contributed by atoms with van der Waals surface area (Å²) in [6.07, 6.45) is 0. The number of rotatable bonds is 2. The molecule has 0 fully saturated rings. The van der Waals surface area contributed by atoms with Gasteiger partial charge < -0.3 is 5.32 Å². The first kappa shape index (κ1) is 15.3. The van der Waals surface area contributed by atoms with Gasteiger partial charge in [0.2, 0.25) is 5.82 Å². The largest absolute Gasteiger partial charge is 0.351 e. The second-order valence-electron chi connectivity index (χ2n) is 3.88. The fraction of sp³-hybridized carbons (Fsp3) is 0. The Morgan fingerprint density at radius 2 is 1.43 bits per heavy atom. The Labute approximate surface area is 123 Å². The molecule has 0 bridgehead atoms. The van der Waals surface area contributed by atoms with Crippen LogP contribution in [-0.4, -0.2) is 0 Å². The minimum absolute atomic E-state index is 0.0454. The SMILES string of the molecule is N#Cc1ccc(Nc2c(F)c(F)c(F)c(F)c2F)cc1Br. The van der Waals surface area contributed by atoms with Crippen molar-refractivity contribution in [2.75, 3.05) is 5.32 Å². The van der Waals surface area contributed by atoms with E-state index in [9.17, 15) is 22.0 Å². The number of nitrogens with one attached hydrogen (secondary N) is 1. The van der Waals surface area contributed by atoms with E-state index in [0.717, 1.165) is 0 Å². The van der Waals surface area contributed by atoms with E-state index in [1.165, 1.54) is 18.2 Å². The Morgan fingerprint density at radius 1 is 0.905 bits per heavy atom. The van der Waals surface area contributed by atoms with Crippen molar-refractivity contribution >= 4 is 27.3 Å². The average Bonchev–Trinajstić information content (AvgIpc) is 2.48. The Balaban J connectivity index is 2.50. The van der Waals surface area contributed by atoms with Gasteiger partial charge >= 0.3 is 0 Å². The zero-order valence-electron chi connectivity index (χ0n) is 9.95. The van der Waals surface area contributed by atoms with Gasteiger partial charge in [0.1, 0.15) is 11.8 Å². The second kappa shape index (κ2) is 5.69. The fourth-order valence-electron chi connectivity index (χ4n) is 1.54. The third kappa shape index (κ3) is 2.69. The first-order chi connectivity index (χ1) is 9.86. The quantitative estimate of drug-likeness (QED) is 0.475. The number of nitriles is 1. The molecule has 8 heteroatoms. The third-order valence-electron chi connectivity index (χ3n) is 2.57. The highest BCUT2D eigenvalue weighted by Crippen LogP contribution is 2.31. The van der Waals surface area contributed by atoms with Gasteiger partial charge in [-0.2, -0.15) is 5.26 Å². The van der Waals surface area contributed by atoms with Crippen molar-refractivity contribution in [2.45, 2.75) is 0 Å². The molecule has 2 nitrogen and oxygen atoms in total. The van der Waals surface area contributed by atoms with E-state index < -0.39 is 34.8 Å². The normalized spacial score (nSPS) is 10.3. The first-order valence-corrected chi connectivity index (χ1v) is 6.14. The summed E-state index contributed by atoms with van der Waals surface area (Å²) in [6.45, 7) is 0. The molecule has 0 aliphatic heterocycles. The van der Waals surface area contributed by atoms with E-state index >= 15 is 0 Å². The Hall–Kier alpha value is -2.14. The summed E-state index contributed by atoms with van der Waals surface area (Å²) in [7, 11) is 0. The lowest BCUT2D eigenvalue weighted by Crippen LogP contribution is -2.06. The molecule has 0 amide bonds. The molecule has 2 rings (SSSR count). The van der Waals surface area contributed by atoms with Crippen molar-refractivity contribution in [1.82, 2.24) is 0 Å². The van der Waals surface area contributed by atoms with Crippen LogP contribution >= 0.6 is 15.9 Å². The van der Waals surface area contributed by atoms with Crippen molar-refractivity contribution < 1.29 is 22.0 Å². The minimum Gasteiger partial charge on any atom is -0.351 e. The van der Waals surface area contributed by atoms with Crippen LogP contribution in [0.2, 0.25) is 0 Å². The number of benzene rings is 2. The third-order valence-corrected chi connectivity index (χ3v) is 3.22. The van der Waals surface area contributed by atoms with Gasteiger partial charge in [0.25, 0.3) is 0 Å². The van der Waals surface area contributed by atoms with Crippen LogP contribution in [0.3, 0.4) is 0 Å². The summed E-state index contributed by atoms with van der Waals surface area (Å²) in [5.74, 6) is -10.2. The van der Waals surface area contributed by atoms with Crippen LogP contribution in [0.4, 0.5) is 33.3 Å². The van der Waals surface area contributed by atoms with Gasteiger partial charge in [-0.15, -0.1) is 0 Å². The summed E-state index contributed by atoms with van der Waals surface area (Å²) in [5.41, 5.74) is -0.870. The molecule has 0 spiro atoms. The first-order valence-electron chi connectivity index (χ1n) is 5.35. The maximum Gasteiger partial charge on any atom is 0.200 e. The summed E-state index contributed by atoms with van der Waals surface area (Å²) in [5, 5.41) is 10.8. The summed E-state index contributed by atoms with van der Waals surface area (Å²) in [4.78, 5) is 0. The molecule has 108 valence electrons. The van der Waals surface area contributed by atoms with E-state index in [2.05, 4.69) is 21.2 Å². The van der Waals surface area contributed by atoms with Gasteiger partial charge in [-0.05, 0) is 34.1 Å². The van der Waals surface area contributed by atoms with E-state index in [4.69, 9.17) is 5.26 Å². The molecule has 0 atom stereocenters. The summed E-state index contributed by atoms with van der Waals surface area (Å²) < 4.78 is 66.3. The molecule has 0 saturated heterocycles. The standard InChI is InChI=1S/C13H4BrF5N2/c14-7-3-6(2-1-5(7)4-20)21-13-11(18)9(16)8(15)10(17)12(13)19/h1-3,21H. The van der Waals surface area contributed by atoms with Crippen LogP contribution in [0.1, 0.15) is 5.56 Å². The predicted octanol–water partition coefficient (Wildman–Crippen LogP) is 4.76. The van der Waals surface area contributed by atoms with Gasteiger partial charge in [-0.3, -0.25) is 0 Å². The Kier molecular flexibility index (Phi) is 4.14. The lowest BCUT2D eigenvalue weighted by Gasteiger charge is -2.11. The maximum absolute atomic E-state index is 13.5. The highest BCUT2D eigenvalue weighted by Gasteiger charge is 2.25. The van der Waals surface area contributed by atoms with Crippen molar-refractivity contribution in [1.29, 1.82) is 5.26 Å². The van der Waals surface area contributed by atoms with Crippen LogP contribution in [0.5, 0.6) is 0 Å². The van der Waals surface area contributed by atoms with Gasteiger partial charge in [0, 0.05) is 10.2 Å². The summed E-state index contributed by atoms with van der Waals surface area (Å²) in [6, 6.07) is 5.70. The van der Waals surface area contributed by atoms with Gasteiger partial charge in [0.05, 0.1) is 5.56 Å². The van der Waals surface area contributed by atoms with Crippen molar-refractivity contribution in [3.63, 3.8) is 0 Å². The number of hydrogen-bond donors (Lipinski definition) is 1. The van der Waals surface area contributed by atoms with Crippen molar-refractivity contribution in [2.24, 2.45) is 0 Å². The van der Waals surface area contributed by atoms with Crippen molar-refractivity contribution in [3.8, 4) is 6.07 Å². The number of nitrogens with zero attached hydrogens (tertiary/aromatic N) is 1. The predicted molar refractivity (Wildman–Crippen MR) is 68.4 cm³/mol. The Bertz CT molecular complexity index is 741. The molecule has 0 aliphatic carbocycles. The lowest BCUT2D eigenvalue weighted by atomic mass is 10.2. The molecule has 0 heterocycles. The molecule has 0 unspecified atom stereocenters. The molecular formula is C13H4BrF5N2. The van der Waals surface area contributed by atoms with Gasteiger partial charge in [-0.25, -0.2) is 22.0 Å². The smallest absolute Gasteiger partial charge is 0.200 e. The molecular weight excluding hydrogens is 359 g/mol. The van der Waals surface area contributed by atoms with E-state index in [1.807, 2.05) is 6.07 Å².